The molecule has 0 aliphatic heterocycles. The molecule has 0 amide bonds. The van der Waals surface area contributed by atoms with Crippen molar-refractivity contribution in [2.75, 3.05) is 17.7 Å². The lowest BCUT2D eigenvalue weighted by Crippen LogP contribution is -2.14. The molecule has 0 fully saturated rings. The zero-order valence-electron chi connectivity index (χ0n) is 9.26. The first-order valence-corrected chi connectivity index (χ1v) is 5.67. The summed E-state index contributed by atoms with van der Waals surface area (Å²) in [6.07, 6.45) is -3.61. The normalized spacial score (nSPS) is 13.5. The summed E-state index contributed by atoms with van der Waals surface area (Å²) in [4.78, 5) is 0. The summed E-state index contributed by atoms with van der Waals surface area (Å²) >= 11 is 5.57. The minimum atomic E-state index is -4.45. The van der Waals surface area contributed by atoms with Gasteiger partial charge < -0.3 is 5.32 Å². The SMILES string of the molecule is CC(CCCl)CNc1ccc(C(F)(F)F)nn1. The van der Waals surface area contributed by atoms with E-state index in [0.717, 1.165) is 12.5 Å². The van der Waals surface area contributed by atoms with Gasteiger partial charge in [0.1, 0.15) is 5.82 Å². The van der Waals surface area contributed by atoms with Gasteiger partial charge in [-0.2, -0.15) is 13.2 Å². The largest absolute Gasteiger partial charge is 0.435 e. The molecule has 1 atom stereocenters. The molecule has 0 bridgehead atoms. The second-order valence-electron chi connectivity index (χ2n) is 3.77. The van der Waals surface area contributed by atoms with Crippen LogP contribution in [0.15, 0.2) is 12.1 Å². The van der Waals surface area contributed by atoms with Crippen LogP contribution < -0.4 is 5.32 Å². The predicted octanol–water partition coefficient (Wildman–Crippen LogP) is 3.17. The van der Waals surface area contributed by atoms with Crippen molar-refractivity contribution in [2.24, 2.45) is 5.92 Å². The summed E-state index contributed by atoms with van der Waals surface area (Å²) in [5.74, 6) is 1.22. The van der Waals surface area contributed by atoms with E-state index in [1.807, 2.05) is 6.92 Å². The van der Waals surface area contributed by atoms with Crippen LogP contribution >= 0.6 is 11.6 Å². The Bertz CT molecular complexity index is 340. The molecular weight excluding hydrogens is 255 g/mol. The van der Waals surface area contributed by atoms with Gasteiger partial charge in [0, 0.05) is 12.4 Å². The molecule has 1 aromatic rings. The van der Waals surface area contributed by atoms with Gasteiger partial charge in [0.05, 0.1) is 0 Å². The second kappa shape index (κ2) is 6.05. The van der Waals surface area contributed by atoms with E-state index >= 15 is 0 Å². The third kappa shape index (κ3) is 4.77. The van der Waals surface area contributed by atoms with Crippen molar-refractivity contribution >= 4 is 17.4 Å². The monoisotopic (exact) mass is 267 g/mol. The zero-order valence-corrected chi connectivity index (χ0v) is 10.0. The quantitative estimate of drug-likeness (QED) is 0.833. The Morgan fingerprint density at radius 2 is 2.06 bits per heavy atom. The van der Waals surface area contributed by atoms with Gasteiger partial charge in [0.2, 0.25) is 0 Å². The van der Waals surface area contributed by atoms with Crippen LogP contribution in [0.4, 0.5) is 19.0 Å². The molecule has 1 heterocycles. The fourth-order valence-electron chi connectivity index (χ4n) is 1.14. The zero-order chi connectivity index (χ0) is 12.9. The first-order valence-electron chi connectivity index (χ1n) is 5.14. The van der Waals surface area contributed by atoms with Crippen molar-refractivity contribution in [3.63, 3.8) is 0 Å². The number of aromatic nitrogens is 2. The molecule has 0 spiro atoms. The van der Waals surface area contributed by atoms with Crippen molar-refractivity contribution in [2.45, 2.75) is 19.5 Å². The lowest BCUT2D eigenvalue weighted by Gasteiger charge is -2.11. The van der Waals surface area contributed by atoms with E-state index in [9.17, 15) is 13.2 Å². The first-order chi connectivity index (χ1) is 7.93. The minimum absolute atomic E-state index is 0.330. The van der Waals surface area contributed by atoms with Gasteiger partial charge in [-0.05, 0) is 24.5 Å². The number of anilines is 1. The maximum atomic E-state index is 12.2. The van der Waals surface area contributed by atoms with E-state index in [1.54, 1.807) is 0 Å². The molecule has 0 saturated carbocycles. The van der Waals surface area contributed by atoms with Crippen LogP contribution in [0.5, 0.6) is 0 Å². The molecule has 17 heavy (non-hydrogen) atoms. The van der Waals surface area contributed by atoms with Crippen LogP contribution in [-0.2, 0) is 6.18 Å². The number of nitrogens with one attached hydrogen (secondary N) is 1. The molecule has 0 saturated heterocycles. The van der Waals surface area contributed by atoms with Crippen LogP contribution in [0.2, 0.25) is 0 Å². The van der Waals surface area contributed by atoms with Crippen molar-refractivity contribution in [1.29, 1.82) is 0 Å². The number of rotatable bonds is 5. The van der Waals surface area contributed by atoms with Crippen molar-refractivity contribution < 1.29 is 13.2 Å². The van der Waals surface area contributed by atoms with E-state index in [1.165, 1.54) is 6.07 Å². The average molecular weight is 268 g/mol. The number of alkyl halides is 4. The van der Waals surface area contributed by atoms with Crippen LogP contribution in [-0.4, -0.2) is 22.6 Å². The van der Waals surface area contributed by atoms with Gasteiger partial charge >= 0.3 is 6.18 Å². The summed E-state index contributed by atoms with van der Waals surface area (Å²) in [7, 11) is 0. The Morgan fingerprint density at radius 3 is 2.53 bits per heavy atom. The van der Waals surface area contributed by atoms with E-state index in [2.05, 4.69) is 15.5 Å². The molecule has 1 aromatic heterocycles. The maximum Gasteiger partial charge on any atom is 0.435 e. The van der Waals surface area contributed by atoms with Crippen molar-refractivity contribution in [3.05, 3.63) is 17.8 Å². The standard InChI is InChI=1S/C10H13ClF3N3/c1-7(4-5-11)6-15-9-3-2-8(16-17-9)10(12,13)14/h2-3,7H,4-6H2,1H3,(H,15,17). The summed E-state index contributed by atoms with van der Waals surface area (Å²) in [6.45, 7) is 2.60. The summed E-state index contributed by atoms with van der Waals surface area (Å²) < 4.78 is 36.6. The predicted molar refractivity (Wildman–Crippen MR) is 60.0 cm³/mol. The number of hydrogen-bond donors (Lipinski definition) is 1. The van der Waals surface area contributed by atoms with E-state index in [4.69, 9.17) is 11.6 Å². The van der Waals surface area contributed by atoms with Crippen LogP contribution in [0.1, 0.15) is 19.0 Å². The Hall–Kier alpha value is -1.04. The van der Waals surface area contributed by atoms with Gasteiger partial charge in [-0.15, -0.1) is 21.8 Å². The van der Waals surface area contributed by atoms with E-state index in [0.29, 0.717) is 24.2 Å². The molecule has 0 aromatic carbocycles. The number of nitrogens with zero attached hydrogens (tertiary/aromatic N) is 2. The Kier molecular flexibility index (Phi) is 4.99. The van der Waals surface area contributed by atoms with Gasteiger partial charge in [-0.3, -0.25) is 0 Å². The summed E-state index contributed by atoms with van der Waals surface area (Å²) in [5.41, 5.74) is -0.989. The molecule has 1 rings (SSSR count). The third-order valence-electron chi connectivity index (χ3n) is 2.19. The van der Waals surface area contributed by atoms with Gasteiger partial charge in [-0.1, -0.05) is 6.92 Å². The van der Waals surface area contributed by atoms with Crippen molar-refractivity contribution in [3.8, 4) is 0 Å². The second-order valence-corrected chi connectivity index (χ2v) is 4.14. The van der Waals surface area contributed by atoms with Crippen LogP contribution in [0.3, 0.4) is 0 Å². The molecule has 0 aliphatic rings. The number of hydrogen-bond acceptors (Lipinski definition) is 3. The minimum Gasteiger partial charge on any atom is -0.368 e. The van der Waals surface area contributed by atoms with Crippen LogP contribution in [0, 0.1) is 5.92 Å². The van der Waals surface area contributed by atoms with E-state index < -0.39 is 11.9 Å². The molecule has 1 unspecified atom stereocenters. The maximum absolute atomic E-state index is 12.2. The lowest BCUT2D eigenvalue weighted by atomic mass is 10.1. The molecule has 3 nitrogen and oxygen atoms in total. The average Bonchev–Trinajstić information content (AvgIpc) is 2.26. The third-order valence-corrected chi connectivity index (χ3v) is 2.41. The molecule has 0 radical (unpaired) electrons. The Morgan fingerprint density at radius 1 is 1.35 bits per heavy atom. The fourth-order valence-corrected chi connectivity index (χ4v) is 1.52. The van der Waals surface area contributed by atoms with Gasteiger partial charge in [-0.25, -0.2) is 0 Å². The molecule has 96 valence electrons. The Balaban J connectivity index is 2.51. The van der Waals surface area contributed by atoms with Gasteiger partial charge in [0.25, 0.3) is 0 Å². The highest BCUT2D eigenvalue weighted by Gasteiger charge is 2.32. The highest BCUT2D eigenvalue weighted by molar-refractivity contribution is 6.17. The summed E-state index contributed by atoms with van der Waals surface area (Å²) in [5, 5.41) is 9.48. The van der Waals surface area contributed by atoms with Crippen LogP contribution in [0.25, 0.3) is 0 Å². The highest BCUT2D eigenvalue weighted by Crippen LogP contribution is 2.27. The Labute approximate surface area is 102 Å². The smallest absolute Gasteiger partial charge is 0.368 e. The topological polar surface area (TPSA) is 37.8 Å². The van der Waals surface area contributed by atoms with Crippen molar-refractivity contribution in [1.82, 2.24) is 10.2 Å². The lowest BCUT2D eigenvalue weighted by molar-refractivity contribution is -0.141. The molecule has 0 aliphatic carbocycles. The van der Waals surface area contributed by atoms with Gasteiger partial charge in [0.15, 0.2) is 5.69 Å². The molecular formula is C10H13ClF3N3. The highest BCUT2D eigenvalue weighted by atomic mass is 35.5. The fraction of sp³-hybridized carbons (Fsp3) is 0.600. The molecule has 1 N–H and O–H groups in total. The van der Waals surface area contributed by atoms with E-state index in [-0.39, 0.29) is 0 Å². The molecule has 7 heteroatoms. The number of halogens is 4. The first kappa shape index (κ1) is 14.0. The summed E-state index contributed by atoms with van der Waals surface area (Å²) in [6, 6.07) is 2.17.